The van der Waals surface area contributed by atoms with E-state index in [1.54, 1.807) is 4.68 Å². The molecule has 80 valence electrons. The third-order valence-electron chi connectivity index (χ3n) is 2.50. The van der Waals surface area contributed by atoms with E-state index >= 15 is 0 Å². The molecule has 1 aromatic heterocycles. The maximum atomic E-state index is 9.96. The fourth-order valence-corrected chi connectivity index (χ4v) is 1.85. The van der Waals surface area contributed by atoms with Gasteiger partial charge in [0.1, 0.15) is 6.10 Å². The number of benzene rings is 1. The molecule has 4 nitrogen and oxygen atoms in total. The van der Waals surface area contributed by atoms with E-state index < -0.39 is 6.10 Å². The van der Waals surface area contributed by atoms with E-state index in [0.717, 1.165) is 16.6 Å². The Morgan fingerprint density at radius 1 is 1.47 bits per heavy atom. The minimum absolute atomic E-state index is 0.521. The SMILES string of the molecule is CNCC(O)c1c2ccccc2nn1C. The Morgan fingerprint density at radius 3 is 2.93 bits per heavy atom. The first kappa shape index (κ1) is 10.1. The normalized spacial score (nSPS) is 13.3. The predicted octanol–water partition coefficient (Wildman–Crippen LogP) is 0.826. The number of nitrogens with one attached hydrogen (secondary N) is 1. The average molecular weight is 205 g/mol. The number of hydrogen-bond donors (Lipinski definition) is 2. The highest BCUT2D eigenvalue weighted by atomic mass is 16.3. The molecule has 0 radical (unpaired) electrons. The number of fused-ring (bicyclic) bond motifs is 1. The molecule has 0 spiro atoms. The van der Waals surface area contributed by atoms with Gasteiger partial charge in [0.25, 0.3) is 0 Å². The summed E-state index contributed by atoms with van der Waals surface area (Å²) in [6.45, 7) is 0.531. The standard InChI is InChI=1S/C11H15N3O/c1-12-7-10(15)11-8-5-3-4-6-9(8)13-14(11)2/h3-6,10,12,15H,7H2,1-2H3. The van der Waals surface area contributed by atoms with Gasteiger partial charge in [-0.2, -0.15) is 5.10 Å². The van der Waals surface area contributed by atoms with Gasteiger partial charge in [0.2, 0.25) is 0 Å². The largest absolute Gasteiger partial charge is 0.385 e. The molecule has 4 heteroatoms. The highest BCUT2D eigenvalue weighted by Gasteiger charge is 2.15. The van der Waals surface area contributed by atoms with Crippen LogP contribution in [-0.2, 0) is 7.05 Å². The van der Waals surface area contributed by atoms with Crippen molar-refractivity contribution >= 4 is 10.9 Å². The molecule has 0 fully saturated rings. The first-order valence-corrected chi connectivity index (χ1v) is 4.98. The molecule has 0 aliphatic carbocycles. The molecular formula is C11H15N3O. The maximum absolute atomic E-state index is 9.96. The van der Waals surface area contributed by atoms with Crippen LogP contribution in [0.1, 0.15) is 11.8 Å². The van der Waals surface area contributed by atoms with Crippen molar-refractivity contribution in [2.45, 2.75) is 6.10 Å². The van der Waals surface area contributed by atoms with Crippen LogP contribution in [0.3, 0.4) is 0 Å². The van der Waals surface area contributed by atoms with E-state index in [4.69, 9.17) is 0 Å². The van der Waals surface area contributed by atoms with Gasteiger partial charge in [0.05, 0.1) is 11.2 Å². The summed E-state index contributed by atoms with van der Waals surface area (Å²) in [5.74, 6) is 0. The van der Waals surface area contributed by atoms with Gasteiger partial charge < -0.3 is 10.4 Å². The fourth-order valence-electron chi connectivity index (χ4n) is 1.85. The highest BCUT2D eigenvalue weighted by Crippen LogP contribution is 2.22. The topological polar surface area (TPSA) is 50.1 Å². The fraction of sp³-hybridized carbons (Fsp3) is 0.364. The van der Waals surface area contributed by atoms with E-state index in [2.05, 4.69) is 10.4 Å². The van der Waals surface area contributed by atoms with Crippen LogP contribution in [0.25, 0.3) is 10.9 Å². The summed E-state index contributed by atoms with van der Waals surface area (Å²) < 4.78 is 1.74. The molecule has 1 heterocycles. The third-order valence-corrected chi connectivity index (χ3v) is 2.50. The zero-order valence-corrected chi connectivity index (χ0v) is 8.94. The minimum atomic E-state index is -0.521. The molecule has 1 unspecified atom stereocenters. The van der Waals surface area contributed by atoms with Gasteiger partial charge >= 0.3 is 0 Å². The van der Waals surface area contributed by atoms with Gasteiger partial charge in [-0.1, -0.05) is 18.2 Å². The molecule has 2 rings (SSSR count). The van der Waals surface area contributed by atoms with Gasteiger partial charge in [-0.05, 0) is 13.1 Å². The molecule has 0 amide bonds. The Hall–Kier alpha value is -1.39. The minimum Gasteiger partial charge on any atom is -0.385 e. The quantitative estimate of drug-likeness (QED) is 0.780. The Kier molecular flexibility index (Phi) is 2.70. The van der Waals surface area contributed by atoms with Crippen molar-refractivity contribution in [2.24, 2.45) is 7.05 Å². The van der Waals surface area contributed by atoms with Crippen molar-refractivity contribution in [3.63, 3.8) is 0 Å². The van der Waals surface area contributed by atoms with Crippen LogP contribution in [0.2, 0.25) is 0 Å². The van der Waals surface area contributed by atoms with Crippen molar-refractivity contribution < 1.29 is 5.11 Å². The maximum Gasteiger partial charge on any atom is 0.109 e. The Bertz CT molecular complexity index is 464. The lowest BCUT2D eigenvalue weighted by Crippen LogP contribution is -2.19. The molecule has 2 aromatic rings. The van der Waals surface area contributed by atoms with Gasteiger partial charge in [-0.25, -0.2) is 0 Å². The molecule has 0 aliphatic rings. The first-order chi connectivity index (χ1) is 7.24. The summed E-state index contributed by atoms with van der Waals surface area (Å²) in [6, 6.07) is 7.84. The van der Waals surface area contributed by atoms with Crippen LogP contribution in [0, 0.1) is 0 Å². The second kappa shape index (κ2) is 4.00. The molecular weight excluding hydrogens is 190 g/mol. The molecule has 15 heavy (non-hydrogen) atoms. The van der Waals surface area contributed by atoms with E-state index in [-0.39, 0.29) is 0 Å². The van der Waals surface area contributed by atoms with Crippen LogP contribution in [0.5, 0.6) is 0 Å². The van der Waals surface area contributed by atoms with Crippen LogP contribution in [0.15, 0.2) is 24.3 Å². The van der Waals surface area contributed by atoms with Gasteiger partial charge in [0.15, 0.2) is 0 Å². The second-order valence-electron chi connectivity index (χ2n) is 3.60. The zero-order valence-electron chi connectivity index (χ0n) is 8.94. The molecule has 0 bridgehead atoms. The van der Waals surface area contributed by atoms with Gasteiger partial charge in [-0.15, -0.1) is 0 Å². The summed E-state index contributed by atoms with van der Waals surface area (Å²) >= 11 is 0. The molecule has 1 atom stereocenters. The number of hydrogen-bond acceptors (Lipinski definition) is 3. The van der Waals surface area contributed by atoms with Crippen LogP contribution in [0.4, 0.5) is 0 Å². The lowest BCUT2D eigenvalue weighted by molar-refractivity contribution is 0.169. The predicted molar refractivity (Wildman–Crippen MR) is 59.6 cm³/mol. The van der Waals surface area contributed by atoms with Crippen LogP contribution < -0.4 is 5.32 Å². The Labute approximate surface area is 88.5 Å². The monoisotopic (exact) mass is 205 g/mol. The molecule has 1 aromatic carbocycles. The number of aliphatic hydroxyl groups excluding tert-OH is 1. The number of rotatable bonds is 3. The van der Waals surface area contributed by atoms with Crippen LogP contribution in [-0.4, -0.2) is 28.5 Å². The summed E-state index contributed by atoms with van der Waals surface area (Å²) in [7, 11) is 3.68. The molecule has 2 N–H and O–H groups in total. The lowest BCUT2D eigenvalue weighted by Gasteiger charge is -2.10. The van der Waals surface area contributed by atoms with Crippen molar-refractivity contribution in [3.05, 3.63) is 30.0 Å². The Balaban J connectivity index is 2.53. The average Bonchev–Trinajstić information content (AvgIpc) is 2.54. The number of aryl methyl sites for hydroxylation is 1. The van der Waals surface area contributed by atoms with E-state index in [0.29, 0.717) is 6.54 Å². The Morgan fingerprint density at radius 2 is 2.20 bits per heavy atom. The van der Waals surface area contributed by atoms with E-state index in [1.165, 1.54) is 0 Å². The first-order valence-electron chi connectivity index (χ1n) is 4.98. The highest BCUT2D eigenvalue weighted by molar-refractivity contribution is 5.81. The molecule has 0 saturated heterocycles. The van der Waals surface area contributed by atoms with Crippen molar-refractivity contribution in [2.75, 3.05) is 13.6 Å². The zero-order chi connectivity index (χ0) is 10.8. The van der Waals surface area contributed by atoms with Crippen molar-refractivity contribution in [3.8, 4) is 0 Å². The van der Waals surface area contributed by atoms with E-state index in [9.17, 15) is 5.11 Å². The summed E-state index contributed by atoms with van der Waals surface area (Å²) in [5.41, 5.74) is 1.78. The summed E-state index contributed by atoms with van der Waals surface area (Å²) in [6.07, 6.45) is -0.521. The van der Waals surface area contributed by atoms with E-state index in [1.807, 2.05) is 38.4 Å². The third kappa shape index (κ3) is 1.73. The summed E-state index contributed by atoms with van der Waals surface area (Å²) in [5, 5.41) is 18.3. The van der Waals surface area contributed by atoms with Crippen molar-refractivity contribution in [1.82, 2.24) is 15.1 Å². The number of likely N-dealkylation sites (N-methyl/N-ethyl adjacent to an activating group) is 1. The molecule has 0 aliphatic heterocycles. The number of aromatic nitrogens is 2. The molecule has 0 saturated carbocycles. The van der Waals surface area contributed by atoms with Gasteiger partial charge in [0, 0.05) is 19.0 Å². The lowest BCUT2D eigenvalue weighted by atomic mass is 10.1. The van der Waals surface area contributed by atoms with Crippen LogP contribution >= 0.6 is 0 Å². The second-order valence-corrected chi connectivity index (χ2v) is 3.60. The number of nitrogens with zero attached hydrogens (tertiary/aromatic N) is 2. The smallest absolute Gasteiger partial charge is 0.109 e. The number of aliphatic hydroxyl groups is 1. The van der Waals surface area contributed by atoms with Gasteiger partial charge in [-0.3, -0.25) is 4.68 Å². The summed E-state index contributed by atoms with van der Waals surface area (Å²) in [4.78, 5) is 0. The van der Waals surface area contributed by atoms with Crippen molar-refractivity contribution in [1.29, 1.82) is 0 Å².